The van der Waals surface area contributed by atoms with Gasteiger partial charge in [0.25, 0.3) is 0 Å². The largest absolute Gasteiger partial charge is 0.324 e. The smallest absolute Gasteiger partial charge is 0.238 e. The number of carbonyl (C=O) groups is 1. The molecule has 4 aromatic rings. The van der Waals surface area contributed by atoms with Gasteiger partial charge in [0.2, 0.25) is 11.7 Å². The summed E-state index contributed by atoms with van der Waals surface area (Å²) in [5.41, 5.74) is 4.38. The van der Waals surface area contributed by atoms with E-state index < -0.39 is 0 Å². The molecule has 0 spiro atoms. The van der Waals surface area contributed by atoms with Crippen LogP contribution in [0, 0.1) is 6.92 Å². The van der Waals surface area contributed by atoms with Gasteiger partial charge in [-0.15, -0.1) is 10.2 Å². The lowest BCUT2D eigenvalue weighted by atomic mass is 10.1. The van der Waals surface area contributed by atoms with E-state index in [-0.39, 0.29) is 12.5 Å². The average Bonchev–Trinajstić information content (AvgIpc) is 3.31. The number of aromatic amines is 1. The minimum atomic E-state index is -0.179. The van der Waals surface area contributed by atoms with Crippen molar-refractivity contribution >= 4 is 23.2 Å². The van der Waals surface area contributed by atoms with E-state index in [9.17, 15) is 4.79 Å². The molecule has 8 nitrogen and oxygen atoms in total. The highest BCUT2D eigenvalue weighted by Gasteiger charge is 2.17. The molecular weight excluding hydrogens is 426 g/mol. The molecule has 32 heavy (non-hydrogen) atoms. The van der Waals surface area contributed by atoms with Gasteiger partial charge in [-0.05, 0) is 53.6 Å². The SMILES string of the molecule is Cc1ccccc1CN(CC(=O)Nc1cc(Cl)ccc1-c1nn[nH]n1)Cc1ccccn1. The van der Waals surface area contributed by atoms with Gasteiger partial charge < -0.3 is 5.32 Å². The molecule has 0 radical (unpaired) electrons. The second-order valence-corrected chi connectivity index (χ2v) is 7.80. The maximum atomic E-state index is 13.0. The molecule has 0 aliphatic carbocycles. The first kappa shape index (κ1) is 21.6. The number of aryl methyl sites for hydroxylation is 1. The maximum absolute atomic E-state index is 13.0. The van der Waals surface area contributed by atoms with Gasteiger partial charge in [-0.25, -0.2) is 0 Å². The molecule has 0 unspecified atom stereocenters. The van der Waals surface area contributed by atoms with E-state index >= 15 is 0 Å². The number of tetrazole rings is 1. The highest BCUT2D eigenvalue weighted by Crippen LogP contribution is 2.28. The Bertz CT molecular complexity index is 1180. The van der Waals surface area contributed by atoms with Crippen molar-refractivity contribution in [3.05, 3.63) is 88.7 Å². The van der Waals surface area contributed by atoms with E-state index in [2.05, 4.69) is 54.9 Å². The number of nitrogens with one attached hydrogen (secondary N) is 2. The molecule has 0 saturated heterocycles. The number of pyridine rings is 1. The third-order valence-corrected chi connectivity index (χ3v) is 5.21. The Balaban J connectivity index is 1.54. The second kappa shape index (κ2) is 10.1. The van der Waals surface area contributed by atoms with Crippen molar-refractivity contribution in [2.75, 3.05) is 11.9 Å². The van der Waals surface area contributed by atoms with Crippen LogP contribution < -0.4 is 5.32 Å². The normalized spacial score (nSPS) is 11.0. The highest BCUT2D eigenvalue weighted by atomic mass is 35.5. The molecule has 0 saturated carbocycles. The number of hydrogen-bond acceptors (Lipinski definition) is 6. The summed E-state index contributed by atoms with van der Waals surface area (Å²) in [6.45, 7) is 3.39. The Morgan fingerprint density at radius 2 is 1.94 bits per heavy atom. The fourth-order valence-electron chi connectivity index (χ4n) is 3.40. The first-order valence-corrected chi connectivity index (χ1v) is 10.5. The van der Waals surface area contributed by atoms with Crippen molar-refractivity contribution in [1.29, 1.82) is 0 Å². The van der Waals surface area contributed by atoms with E-state index in [4.69, 9.17) is 11.6 Å². The predicted octanol–water partition coefficient (Wildman–Crippen LogP) is 3.86. The maximum Gasteiger partial charge on any atom is 0.238 e. The summed E-state index contributed by atoms with van der Waals surface area (Å²) in [4.78, 5) is 19.5. The number of amides is 1. The number of rotatable bonds is 8. The molecule has 4 rings (SSSR count). The monoisotopic (exact) mass is 447 g/mol. The minimum Gasteiger partial charge on any atom is -0.324 e. The zero-order valence-corrected chi connectivity index (χ0v) is 18.3. The summed E-state index contributed by atoms with van der Waals surface area (Å²) in [5.74, 6) is 0.198. The number of hydrogen-bond donors (Lipinski definition) is 2. The van der Waals surface area contributed by atoms with Crippen LogP contribution >= 0.6 is 11.6 Å². The van der Waals surface area contributed by atoms with Crippen molar-refractivity contribution in [3.8, 4) is 11.4 Å². The molecule has 9 heteroatoms. The summed E-state index contributed by atoms with van der Waals surface area (Å²) in [6, 6.07) is 19.1. The number of halogens is 1. The number of carbonyl (C=O) groups excluding carboxylic acids is 1. The number of H-pyrrole nitrogens is 1. The van der Waals surface area contributed by atoms with Crippen LogP contribution in [0.5, 0.6) is 0 Å². The van der Waals surface area contributed by atoms with Crippen LogP contribution in [0.3, 0.4) is 0 Å². The molecule has 2 N–H and O–H groups in total. The fourth-order valence-corrected chi connectivity index (χ4v) is 3.57. The van der Waals surface area contributed by atoms with E-state index in [1.807, 2.05) is 30.3 Å². The molecule has 162 valence electrons. The molecule has 1 amide bonds. The van der Waals surface area contributed by atoms with Gasteiger partial charge in [0.05, 0.1) is 17.9 Å². The summed E-state index contributed by atoms with van der Waals surface area (Å²) in [6.07, 6.45) is 1.75. The van der Waals surface area contributed by atoms with Gasteiger partial charge in [-0.3, -0.25) is 14.7 Å². The Morgan fingerprint density at radius 3 is 2.69 bits per heavy atom. The van der Waals surface area contributed by atoms with Gasteiger partial charge in [-0.1, -0.05) is 41.9 Å². The van der Waals surface area contributed by atoms with Crippen molar-refractivity contribution in [1.82, 2.24) is 30.5 Å². The standard InChI is InChI=1S/C23H22ClN7O/c1-16-6-2-3-7-17(16)13-31(14-19-8-4-5-11-25-19)15-22(32)26-21-12-18(24)9-10-20(21)23-27-29-30-28-23/h2-12H,13-15H2,1H3,(H,26,32)(H,27,28,29,30). The second-order valence-electron chi connectivity index (χ2n) is 7.37. The molecule has 0 fully saturated rings. The van der Waals surface area contributed by atoms with Crippen molar-refractivity contribution < 1.29 is 4.79 Å². The van der Waals surface area contributed by atoms with Crippen molar-refractivity contribution in [3.63, 3.8) is 0 Å². The topological polar surface area (TPSA) is 99.7 Å². The van der Waals surface area contributed by atoms with Crippen LogP contribution in [-0.2, 0) is 17.9 Å². The zero-order chi connectivity index (χ0) is 22.3. The van der Waals surface area contributed by atoms with E-state index in [0.29, 0.717) is 35.2 Å². The fraction of sp³-hybridized carbons (Fsp3) is 0.174. The van der Waals surface area contributed by atoms with Gasteiger partial charge in [-0.2, -0.15) is 5.21 Å². The van der Waals surface area contributed by atoms with Crippen LogP contribution in [0.1, 0.15) is 16.8 Å². The lowest BCUT2D eigenvalue weighted by Crippen LogP contribution is -2.33. The molecule has 2 aromatic carbocycles. The lowest BCUT2D eigenvalue weighted by molar-refractivity contribution is -0.117. The number of nitrogens with zero attached hydrogens (tertiary/aromatic N) is 5. The zero-order valence-electron chi connectivity index (χ0n) is 17.5. The lowest BCUT2D eigenvalue weighted by Gasteiger charge is -2.23. The van der Waals surface area contributed by atoms with Crippen molar-refractivity contribution in [2.45, 2.75) is 20.0 Å². The van der Waals surface area contributed by atoms with Crippen LogP contribution in [0.15, 0.2) is 66.9 Å². The molecular formula is C23H22ClN7O. The molecule has 0 atom stereocenters. The molecule has 2 heterocycles. The Hall–Kier alpha value is -3.62. The van der Waals surface area contributed by atoms with Crippen LogP contribution in [0.2, 0.25) is 5.02 Å². The summed E-state index contributed by atoms with van der Waals surface area (Å²) < 4.78 is 0. The first-order chi connectivity index (χ1) is 15.6. The first-order valence-electron chi connectivity index (χ1n) is 10.1. The number of benzene rings is 2. The van der Waals surface area contributed by atoms with E-state index in [1.54, 1.807) is 24.4 Å². The molecule has 0 bridgehead atoms. The Kier molecular flexibility index (Phi) is 6.84. The summed E-state index contributed by atoms with van der Waals surface area (Å²) >= 11 is 6.17. The number of aromatic nitrogens is 5. The average molecular weight is 448 g/mol. The molecule has 0 aliphatic heterocycles. The molecule has 2 aromatic heterocycles. The summed E-state index contributed by atoms with van der Waals surface area (Å²) in [7, 11) is 0. The van der Waals surface area contributed by atoms with Gasteiger partial charge in [0.15, 0.2) is 0 Å². The third kappa shape index (κ3) is 5.54. The molecule has 0 aliphatic rings. The van der Waals surface area contributed by atoms with Gasteiger partial charge in [0, 0.05) is 29.9 Å². The number of anilines is 1. The van der Waals surface area contributed by atoms with E-state index in [1.165, 1.54) is 5.56 Å². The van der Waals surface area contributed by atoms with Gasteiger partial charge >= 0.3 is 0 Å². The summed E-state index contributed by atoms with van der Waals surface area (Å²) in [5, 5.41) is 17.5. The Labute approximate surface area is 190 Å². The Morgan fingerprint density at radius 1 is 1.09 bits per heavy atom. The van der Waals surface area contributed by atoms with Crippen LogP contribution in [-0.4, -0.2) is 43.0 Å². The van der Waals surface area contributed by atoms with Crippen LogP contribution in [0.25, 0.3) is 11.4 Å². The van der Waals surface area contributed by atoms with Crippen molar-refractivity contribution in [2.24, 2.45) is 0 Å². The van der Waals surface area contributed by atoms with Gasteiger partial charge in [0.1, 0.15) is 0 Å². The third-order valence-electron chi connectivity index (χ3n) is 4.98. The quantitative estimate of drug-likeness (QED) is 0.425. The van der Waals surface area contributed by atoms with E-state index in [0.717, 1.165) is 11.3 Å². The minimum absolute atomic E-state index is 0.170. The van der Waals surface area contributed by atoms with Crippen LogP contribution in [0.4, 0.5) is 5.69 Å². The highest BCUT2D eigenvalue weighted by molar-refractivity contribution is 6.31. The predicted molar refractivity (Wildman–Crippen MR) is 123 cm³/mol.